The minimum atomic E-state index is 0.506. The van der Waals surface area contributed by atoms with E-state index in [1.807, 2.05) is 18.2 Å². The molecule has 0 aliphatic carbocycles. The molecule has 1 aromatic heterocycles. The summed E-state index contributed by atoms with van der Waals surface area (Å²) >= 11 is 3.44. The number of nitriles is 1. The highest BCUT2D eigenvalue weighted by atomic mass is 79.9. The minimum absolute atomic E-state index is 0.506. The highest BCUT2D eigenvalue weighted by molar-refractivity contribution is 9.08. The van der Waals surface area contributed by atoms with Crippen LogP contribution in [0.15, 0.2) is 24.3 Å². The largest absolute Gasteiger partial charge is 0.310 e. The number of halogens is 1. The van der Waals surface area contributed by atoms with Crippen LogP contribution < -0.4 is 0 Å². The lowest BCUT2D eigenvalue weighted by Gasteiger charge is -2.11. The molecule has 19 heavy (non-hydrogen) atoms. The average molecular weight is 319 g/mol. The van der Waals surface area contributed by atoms with E-state index in [4.69, 9.17) is 5.26 Å². The van der Waals surface area contributed by atoms with Crippen molar-refractivity contribution in [2.45, 2.75) is 25.7 Å². The topological polar surface area (TPSA) is 54.5 Å². The summed E-state index contributed by atoms with van der Waals surface area (Å²) in [6.45, 7) is 5.18. The number of hydrogen-bond donors (Lipinski definition) is 0. The molecule has 98 valence electrons. The number of hydrogen-bond acceptors (Lipinski definition) is 3. The molecular formula is C14H15BrN4. The summed E-state index contributed by atoms with van der Waals surface area (Å²) in [5.41, 5.74) is 1.57. The number of nitrogens with zero attached hydrogens (tertiary/aromatic N) is 4. The van der Waals surface area contributed by atoms with E-state index in [0.29, 0.717) is 16.8 Å². The number of rotatable bonds is 4. The van der Waals surface area contributed by atoms with E-state index in [1.54, 1.807) is 6.07 Å². The molecule has 0 radical (unpaired) electrons. The van der Waals surface area contributed by atoms with Crippen molar-refractivity contribution in [3.05, 3.63) is 35.7 Å². The molecule has 0 bridgehead atoms. The van der Waals surface area contributed by atoms with Gasteiger partial charge in [-0.2, -0.15) is 5.26 Å². The van der Waals surface area contributed by atoms with Crippen LogP contribution in [0, 0.1) is 17.2 Å². The molecule has 0 aliphatic heterocycles. The first-order valence-corrected chi connectivity index (χ1v) is 7.26. The molecule has 0 fully saturated rings. The monoisotopic (exact) mass is 318 g/mol. The van der Waals surface area contributed by atoms with Crippen LogP contribution in [0.4, 0.5) is 0 Å². The zero-order valence-electron chi connectivity index (χ0n) is 11.0. The molecule has 0 spiro atoms. The van der Waals surface area contributed by atoms with E-state index in [0.717, 1.165) is 23.8 Å². The van der Waals surface area contributed by atoms with Gasteiger partial charge in [0.15, 0.2) is 5.82 Å². The third-order valence-corrected chi connectivity index (χ3v) is 3.25. The first-order valence-electron chi connectivity index (χ1n) is 6.14. The summed E-state index contributed by atoms with van der Waals surface area (Å²) < 4.78 is 2.11. The summed E-state index contributed by atoms with van der Waals surface area (Å²) in [4.78, 5) is 0. The van der Waals surface area contributed by atoms with Crippen molar-refractivity contribution in [1.82, 2.24) is 14.8 Å². The van der Waals surface area contributed by atoms with Gasteiger partial charge in [-0.3, -0.25) is 0 Å². The van der Waals surface area contributed by atoms with E-state index in [1.165, 1.54) is 0 Å². The molecule has 1 heterocycles. The molecule has 0 unspecified atom stereocenters. The van der Waals surface area contributed by atoms with Gasteiger partial charge in [0.05, 0.1) is 17.0 Å². The first kappa shape index (κ1) is 13.8. The van der Waals surface area contributed by atoms with Gasteiger partial charge < -0.3 is 4.57 Å². The van der Waals surface area contributed by atoms with Gasteiger partial charge in [-0.25, -0.2) is 0 Å². The quantitative estimate of drug-likeness (QED) is 0.812. The first-order chi connectivity index (χ1) is 9.15. The average Bonchev–Trinajstić information content (AvgIpc) is 2.81. The number of alkyl halides is 1. The molecule has 5 heteroatoms. The van der Waals surface area contributed by atoms with Gasteiger partial charge in [0.25, 0.3) is 0 Å². The van der Waals surface area contributed by atoms with E-state index in [9.17, 15) is 0 Å². The van der Waals surface area contributed by atoms with Crippen LogP contribution in [0.25, 0.3) is 11.4 Å². The molecule has 0 saturated carbocycles. The smallest absolute Gasteiger partial charge is 0.164 e. The third kappa shape index (κ3) is 3.02. The van der Waals surface area contributed by atoms with Crippen molar-refractivity contribution in [3.8, 4) is 17.5 Å². The number of benzene rings is 1. The fourth-order valence-corrected chi connectivity index (χ4v) is 2.35. The second-order valence-electron chi connectivity index (χ2n) is 4.77. The van der Waals surface area contributed by atoms with Gasteiger partial charge in [0.2, 0.25) is 0 Å². The molecule has 1 aromatic carbocycles. The summed E-state index contributed by atoms with van der Waals surface area (Å²) in [6, 6.07) is 9.62. The van der Waals surface area contributed by atoms with Crippen LogP contribution in [0.3, 0.4) is 0 Å². The van der Waals surface area contributed by atoms with Crippen LogP contribution in [-0.2, 0) is 11.9 Å². The normalized spacial score (nSPS) is 10.7. The Bertz CT molecular complexity index is 610. The highest BCUT2D eigenvalue weighted by Crippen LogP contribution is 2.21. The van der Waals surface area contributed by atoms with Gasteiger partial charge in [-0.15, -0.1) is 10.2 Å². The molecule has 0 atom stereocenters. The molecule has 0 saturated heterocycles. The Labute approximate surface area is 121 Å². The Balaban J connectivity index is 2.49. The molecule has 2 rings (SSSR count). The fraction of sp³-hybridized carbons (Fsp3) is 0.357. The summed E-state index contributed by atoms with van der Waals surface area (Å²) in [6.07, 6.45) is 0. The van der Waals surface area contributed by atoms with Crippen LogP contribution in [0.1, 0.15) is 25.2 Å². The van der Waals surface area contributed by atoms with Gasteiger partial charge in [0, 0.05) is 12.1 Å². The maximum absolute atomic E-state index is 8.97. The molecule has 0 aliphatic rings. The lowest BCUT2D eigenvalue weighted by atomic mass is 10.1. The molecule has 4 nitrogen and oxygen atoms in total. The Hall–Kier alpha value is -1.67. The molecule has 0 amide bonds. The third-order valence-electron chi connectivity index (χ3n) is 2.74. The van der Waals surface area contributed by atoms with Crippen molar-refractivity contribution in [2.24, 2.45) is 5.92 Å². The summed E-state index contributed by atoms with van der Waals surface area (Å²) in [7, 11) is 0. The van der Waals surface area contributed by atoms with Crippen LogP contribution in [-0.4, -0.2) is 14.8 Å². The van der Waals surface area contributed by atoms with Gasteiger partial charge in [0.1, 0.15) is 5.82 Å². The van der Waals surface area contributed by atoms with Gasteiger partial charge >= 0.3 is 0 Å². The van der Waals surface area contributed by atoms with Crippen molar-refractivity contribution in [2.75, 3.05) is 0 Å². The zero-order valence-corrected chi connectivity index (χ0v) is 12.6. The SMILES string of the molecule is CC(C)Cn1c(CBr)nnc1-c1cccc(C#N)c1. The van der Waals surface area contributed by atoms with Crippen molar-refractivity contribution in [3.63, 3.8) is 0 Å². The maximum Gasteiger partial charge on any atom is 0.164 e. The summed E-state index contributed by atoms with van der Waals surface area (Å²) in [5.74, 6) is 2.23. The second-order valence-corrected chi connectivity index (χ2v) is 5.33. The van der Waals surface area contributed by atoms with E-state index < -0.39 is 0 Å². The Morgan fingerprint density at radius 3 is 2.79 bits per heavy atom. The van der Waals surface area contributed by atoms with Gasteiger partial charge in [-0.1, -0.05) is 41.9 Å². The molecule has 2 aromatic rings. The van der Waals surface area contributed by atoms with Crippen molar-refractivity contribution >= 4 is 15.9 Å². The zero-order chi connectivity index (χ0) is 13.8. The van der Waals surface area contributed by atoms with Crippen molar-refractivity contribution < 1.29 is 0 Å². The second kappa shape index (κ2) is 5.98. The number of aromatic nitrogens is 3. The Morgan fingerprint density at radius 1 is 1.37 bits per heavy atom. The Kier molecular flexibility index (Phi) is 4.33. The predicted molar refractivity (Wildman–Crippen MR) is 77.6 cm³/mol. The van der Waals surface area contributed by atoms with E-state index >= 15 is 0 Å². The van der Waals surface area contributed by atoms with Crippen LogP contribution >= 0.6 is 15.9 Å². The summed E-state index contributed by atoms with van der Waals surface area (Å²) in [5, 5.41) is 18.1. The Morgan fingerprint density at radius 2 is 2.16 bits per heavy atom. The molecule has 0 N–H and O–H groups in total. The highest BCUT2D eigenvalue weighted by Gasteiger charge is 2.14. The van der Waals surface area contributed by atoms with E-state index in [-0.39, 0.29) is 0 Å². The van der Waals surface area contributed by atoms with Crippen LogP contribution in [0.5, 0.6) is 0 Å². The lowest BCUT2D eigenvalue weighted by molar-refractivity contribution is 0.516. The maximum atomic E-state index is 8.97. The van der Waals surface area contributed by atoms with Gasteiger partial charge in [-0.05, 0) is 18.1 Å². The fourth-order valence-electron chi connectivity index (χ4n) is 1.93. The van der Waals surface area contributed by atoms with Crippen LogP contribution in [0.2, 0.25) is 0 Å². The predicted octanol–water partition coefficient (Wildman–Crippen LogP) is 3.37. The lowest BCUT2D eigenvalue weighted by Crippen LogP contribution is -2.09. The van der Waals surface area contributed by atoms with Crippen molar-refractivity contribution in [1.29, 1.82) is 5.26 Å². The standard InChI is InChI=1S/C14H15BrN4/c1-10(2)9-19-13(7-15)17-18-14(19)12-5-3-4-11(6-12)8-16/h3-6,10H,7,9H2,1-2H3. The minimum Gasteiger partial charge on any atom is -0.310 e. The van der Waals surface area contributed by atoms with E-state index in [2.05, 4.69) is 50.6 Å². The molecular weight excluding hydrogens is 304 g/mol.